The van der Waals surface area contributed by atoms with E-state index in [0.29, 0.717) is 39.5 Å². The van der Waals surface area contributed by atoms with Gasteiger partial charge in [-0.1, -0.05) is 29.8 Å². The number of ether oxygens (including phenoxy) is 1. The summed E-state index contributed by atoms with van der Waals surface area (Å²) < 4.78 is 11.0. The minimum atomic E-state index is -0.104. The van der Waals surface area contributed by atoms with E-state index in [2.05, 4.69) is 0 Å². The van der Waals surface area contributed by atoms with Crippen LogP contribution in [-0.2, 0) is 0 Å². The Balaban J connectivity index is 2.20. The van der Waals surface area contributed by atoms with Gasteiger partial charge in [-0.15, -0.1) is 0 Å². The van der Waals surface area contributed by atoms with E-state index >= 15 is 0 Å². The van der Waals surface area contributed by atoms with Crippen molar-refractivity contribution < 1.29 is 9.15 Å². The predicted octanol–water partition coefficient (Wildman–Crippen LogP) is 4.51. The molecule has 21 heavy (non-hydrogen) atoms. The molecule has 4 heteroatoms. The Kier molecular flexibility index (Phi) is 3.67. The van der Waals surface area contributed by atoms with E-state index in [1.807, 2.05) is 19.1 Å². The highest BCUT2D eigenvalue weighted by Gasteiger charge is 2.12. The van der Waals surface area contributed by atoms with E-state index in [1.54, 1.807) is 30.3 Å². The molecule has 0 aliphatic rings. The largest absolute Gasteiger partial charge is 0.494 e. The summed E-state index contributed by atoms with van der Waals surface area (Å²) in [6.07, 6.45) is 1.45. The average Bonchev–Trinajstić information content (AvgIpc) is 2.49. The summed E-state index contributed by atoms with van der Waals surface area (Å²) in [6, 6.07) is 12.4. The maximum absolute atomic E-state index is 12.6. The van der Waals surface area contributed by atoms with Crippen molar-refractivity contribution in [3.63, 3.8) is 0 Å². The summed E-state index contributed by atoms with van der Waals surface area (Å²) >= 11 is 6.15. The molecule has 0 bridgehead atoms. The summed E-state index contributed by atoms with van der Waals surface area (Å²) in [6.45, 7) is 2.47. The fourth-order valence-corrected chi connectivity index (χ4v) is 2.47. The molecule has 0 amide bonds. The first-order chi connectivity index (χ1) is 10.2. The third kappa shape index (κ3) is 2.52. The second kappa shape index (κ2) is 5.62. The van der Waals surface area contributed by atoms with Crippen molar-refractivity contribution in [2.24, 2.45) is 0 Å². The van der Waals surface area contributed by atoms with Crippen LogP contribution in [0.1, 0.15) is 6.92 Å². The zero-order valence-electron chi connectivity index (χ0n) is 11.4. The van der Waals surface area contributed by atoms with Crippen molar-refractivity contribution in [3.05, 3.63) is 64.0 Å². The normalized spacial score (nSPS) is 10.8. The van der Waals surface area contributed by atoms with Crippen molar-refractivity contribution >= 4 is 22.6 Å². The number of halogens is 1. The first-order valence-electron chi connectivity index (χ1n) is 6.64. The monoisotopic (exact) mass is 300 g/mol. The van der Waals surface area contributed by atoms with Crippen molar-refractivity contribution in [2.75, 3.05) is 6.61 Å². The maximum Gasteiger partial charge on any atom is 0.200 e. The van der Waals surface area contributed by atoms with Gasteiger partial charge in [0.25, 0.3) is 0 Å². The van der Waals surface area contributed by atoms with Gasteiger partial charge in [0, 0.05) is 16.7 Å². The molecular formula is C17H13ClO3. The van der Waals surface area contributed by atoms with E-state index in [4.69, 9.17) is 20.8 Å². The van der Waals surface area contributed by atoms with E-state index in [9.17, 15) is 4.79 Å². The summed E-state index contributed by atoms with van der Waals surface area (Å²) in [5.41, 5.74) is 1.52. The van der Waals surface area contributed by atoms with Crippen molar-refractivity contribution in [1.82, 2.24) is 0 Å². The van der Waals surface area contributed by atoms with Crippen LogP contribution in [0.2, 0.25) is 5.02 Å². The highest BCUT2D eigenvalue weighted by Crippen LogP contribution is 2.27. The second-order valence-corrected chi connectivity index (χ2v) is 4.96. The van der Waals surface area contributed by atoms with Crippen LogP contribution >= 0.6 is 11.6 Å². The van der Waals surface area contributed by atoms with Gasteiger partial charge in [0.05, 0.1) is 17.6 Å². The smallest absolute Gasteiger partial charge is 0.200 e. The summed E-state index contributed by atoms with van der Waals surface area (Å²) in [4.78, 5) is 12.6. The van der Waals surface area contributed by atoms with Gasteiger partial charge in [0.1, 0.15) is 17.6 Å². The Morgan fingerprint density at radius 1 is 1.14 bits per heavy atom. The molecule has 0 fully saturated rings. The third-order valence-electron chi connectivity index (χ3n) is 3.22. The van der Waals surface area contributed by atoms with E-state index in [0.717, 1.165) is 0 Å². The van der Waals surface area contributed by atoms with Crippen LogP contribution in [-0.4, -0.2) is 6.61 Å². The lowest BCUT2D eigenvalue weighted by molar-refractivity contribution is 0.340. The van der Waals surface area contributed by atoms with Crippen molar-refractivity contribution in [1.29, 1.82) is 0 Å². The van der Waals surface area contributed by atoms with Crippen molar-refractivity contribution in [3.8, 4) is 16.9 Å². The molecule has 2 aromatic carbocycles. The minimum Gasteiger partial charge on any atom is -0.494 e. The van der Waals surface area contributed by atoms with Crippen LogP contribution < -0.4 is 10.2 Å². The lowest BCUT2D eigenvalue weighted by Crippen LogP contribution is -2.05. The van der Waals surface area contributed by atoms with Gasteiger partial charge in [-0.3, -0.25) is 4.79 Å². The molecule has 0 unspecified atom stereocenters. The van der Waals surface area contributed by atoms with Crippen LogP contribution in [0.4, 0.5) is 0 Å². The predicted molar refractivity (Wildman–Crippen MR) is 84.1 cm³/mol. The third-order valence-corrected chi connectivity index (χ3v) is 3.55. The standard InChI is InChI=1S/C17H13ClO3/c1-2-20-11-7-8-13-16(9-11)21-10-14(17(13)19)12-5-3-4-6-15(12)18/h3-10H,2H2,1H3. The molecule has 3 rings (SSSR count). The van der Waals surface area contributed by atoms with Crippen LogP contribution in [0.25, 0.3) is 22.1 Å². The molecule has 0 N–H and O–H groups in total. The Hall–Kier alpha value is -2.26. The minimum absolute atomic E-state index is 0.104. The zero-order valence-corrected chi connectivity index (χ0v) is 12.2. The van der Waals surface area contributed by atoms with Crippen LogP contribution in [0, 0.1) is 0 Å². The molecular weight excluding hydrogens is 288 g/mol. The molecule has 0 saturated heterocycles. The van der Waals surface area contributed by atoms with Gasteiger partial charge in [0.15, 0.2) is 0 Å². The van der Waals surface area contributed by atoms with E-state index in [-0.39, 0.29) is 5.43 Å². The molecule has 0 spiro atoms. The van der Waals surface area contributed by atoms with Gasteiger partial charge < -0.3 is 9.15 Å². The quantitative estimate of drug-likeness (QED) is 0.714. The maximum atomic E-state index is 12.6. The molecule has 3 aromatic rings. The molecule has 0 aliphatic heterocycles. The van der Waals surface area contributed by atoms with Crippen LogP contribution in [0.3, 0.4) is 0 Å². The zero-order chi connectivity index (χ0) is 14.8. The van der Waals surface area contributed by atoms with Gasteiger partial charge in [-0.25, -0.2) is 0 Å². The van der Waals surface area contributed by atoms with Gasteiger partial charge in [-0.2, -0.15) is 0 Å². The Morgan fingerprint density at radius 3 is 2.71 bits per heavy atom. The fraction of sp³-hybridized carbons (Fsp3) is 0.118. The molecule has 0 saturated carbocycles. The first-order valence-corrected chi connectivity index (χ1v) is 7.01. The van der Waals surface area contributed by atoms with E-state index in [1.165, 1.54) is 6.26 Å². The summed E-state index contributed by atoms with van der Waals surface area (Å²) in [5, 5.41) is 1.03. The number of benzene rings is 2. The second-order valence-electron chi connectivity index (χ2n) is 4.55. The summed E-state index contributed by atoms with van der Waals surface area (Å²) in [7, 11) is 0. The molecule has 1 heterocycles. The number of rotatable bonds is 3. The number of fused-ring (bicyclic) bond motifs is 1. The van der Waals surface area contributed by atoms with Gasteiger partial charge >= 0.3 is 0 Å². The molecule has 1 aromatic heterocycles. The lowest BCUT2D eigenvalue weighted by Gasteiger charge is -2.06. The average molecular weight is 301 g/mol. The molecule has 0 atom stereocenters. The molecule has 3 nitrogen and oxygen atoms in total. The Labute approximate surface area is 126 Å². The van der Waals surface area contributed by atoms with Crippen LogP contribution in [0.5, 0.6) is 5.75 Å². The Bertz CT molecular complexity index is 852. The molecule has 0 aliphatic carbocycles. The SMILES string of the molecule is CCOc1ccc2c(=O)c(-c3ccccc3Cl)coc2c1. The van der Waals surface area contributed by atoms with Gasteiger partial charge in [-0.05, 0) is 25.1 Å². The Morgan fingerprint density at radius 2 is 1.95 bits per heavy atom. The molecule has 106 valence electrons. The highest BCUT2D eigenvalue weighted by molar-refractivity contribution is 6.33. The molecule has 0 radical (unpaired) electrons. The lowest BCUT2D eigenvalue weighted by atomic mass is 10.1. The topological polar surface area (TPSA) is 39.4 Å². The van der Waals surface area contributed by atoms with Gasteiger partial charge in [0.2, 0.25) is 5.43 Å². The highest BCUT2D eigenvalue weighted by atomic mass is 35.5. The summed E-state index contributed by atoms with van der Waals surface area (Å²) in [5.74, 6) is 0.679. The van der Waals surface area contributed by atoms with E-state index < -0.39 is 0 Å². The first kappa shape index (κ1) is 13.7. The van der Waals surface area contributed by atoms with Crippen LogP contribution in [0.15, 0.2) is 57.9 Å². The fourth-order valence-electron chi connectivity index (χ4n) is 2.23. The van der Waals surface area contributed by atoms with Crippen molar-refractivity contribution in [2.45, 2.75) is 6.92 Å². The number of hydrogen-bond donors (Lipinski definition) is 0. The number of hydrogen-bond acceptors (Lipinski definition) is 3.